The van der Waals surface area contributed by atoms with Crippen LogP contribution in [-0.2, 0) is 9.59 Å². The van der Waals surface area contributed by atoms with Crippen LogP contribution in [0.1, 0.15) is 36.0 Å². The van der Waals surface area contributed by atoms with E-state index in [0.29, 0.717) is 18.8 Å². The third-order valence-electron chi connectivity index (χ3n) is 5.76. The quantitative estimate of drug-likeness (QED) is 0.578. The van der Waals surface area contributed by atoms with Crippen LogP contribution in [0.25, 0.3) is 0 Å². The second-order valence-electron chi connectivity index (χ2n) is 8.03. The summed E-state index contributed by atoms with van der Waals surface area (Å²) >= 11 is 0. The van der Waals surface area contributed by atoms with E-state index in [9.17, 15) is 14.4 Å². The summed E-state index contributed by atoms with van der Waals surface area (Å²) in [5.74, 6) is -1.48. The van der Waals surface area contributed by atoms with Crippen molar-refractivity contribution in [1.29, 1.82) is 0 Å². The summed E-state index contributed by atoms with van der Waals surface area (Å²) in [7, 11) is 0. The predicted octanol–water partition coefficient (Wildman–Crippen LogP) is 2.73. The van der Waals surface area contributed by atoms with E-state index in [0.717, 1.165) is 24.3 Å². The van der Waals surface area contributed by atoms with Crippen molar-refractivity contribution in [2.24, 2.45) is 0 Å². The molecule has 2 heterocycles. The van der Waals surface area contributed by atoms with Gasteiger partial charge in [0.1, 0.15) is 0 Å². The molecule has 1 fully saturated rings. The number of piperazine rings is 1. The van der Waals surface area contributed by atoms with Crippen molar-refractivity contribution < 1.29 is 18.8 Å². The average molecular weight is 463 g/mol. The second kappa shape index (κ2) is 10.2. The third-order valence-corrected chi connectivity index (χ3v) is 5.76. The lowest BCUT2D eigenvalue weighted by atomic mass is 10.0. The number of hydrogen-bond donors (Lipinski definition) is 2. The van der Waals surface area contributed by atoms with Crippen molar-refractivity contribution in [3.63, 3.8) is 0 Å². The molecule has 10 heteroatoms. The number of carbonyl (C=O) groups excluding carboxylic acids is 3. The SMILES string of the molecule is CC(=O)N1CCN(c2ccc(NC(=O)c3nnc(NC(=O)[C@@H](C)c4ccccc4)o3)cc2)CC1. The molecule has 10 nitrogen and oxygen atoms in total. The number of anilines is 3. The number of aromatic nitrogens is 2. The Labute approximate surface area is 196 Å². The maximum absolute atomic E-state index is 12.5. The molecule has 2 aromatic carbocycles. The Morgan fingerprint density at radius 2 is 1.59 bits per heavy atom. The summed E-state index contributed by atoms with van der Waals surface area (Å²) < 4.78 is 5.32. The molecule has 1 aromatic heterocycles. The Morgan fingerprint density at radius 3 is 2.24 bits per heavy atom. The van der Waals surface area contributed by atoms with Crippen molar-refractivity contribution in [2.45, 2.75) is 19.8 Å². The molecule has 2 N–H and O–H groups in total. The van der Waals surface area contributed by atoms with Crippen LogP contribution in [0.4, 0.5) is 17.4 Å². The van der Waals surface area contributed by atoms with Crippen LogP contribution in [-0.4, -0.2) is 59.0 Å². The zero-order valence-electron chi connectivity index (χ0n) is 19.0. The van der Waals surface area contributed by atoms with Crippen molar-refractivity contribution >= 4 is 35.1 Å². The molecule has 1 atom stereocenters. The second-order valence-corrected chi connectivity index (χ2v) is 8.03. The van der Waals surface area contributed by atoms with Crippen LogP contribution in [0.5, 0.6) is 0 Å². The highest BCUT2D eigenvalue weighted by atomic mass is 16.4. The molecule has 3 aromatic rings. The summed E-state index contributed by atoms with van der Waals surface area (Å²) in [6.07, 6.45) is 0. The van der Waals surface area contributed by atoms with Gasteiger partial charge in [-0.15, -0.1) is 5.10 Å². The van der Waals surface area contributed by atoms with Crippen LogP contribution in [0.3, 0.4) is 0 Å². The minimum atomic E-state index is -0.577. The highest BCUT2D eigenvalue weighted by Crippen LogP contribution is 2.21. The van der Waals surface area contributed by atoms with Gasteiger partial charge in [0.15, 0.2) is 0 Å². The average Bonchev–Trinajstić information content (AvgIpc) is 3.33. The summed E-state index contributed by atoms with van der Waals surface area (Å²) in [5.41, 5.74) is 2.43. The van der Waals surface area contributed by atoms with Gasteiger partial charge >= 0.3 is 17.8 Å². The number of benzene rings is 2. The number of amides is 3. The largest absolute Gasteiger partial charge is 0.399 e. The first-order chi connectivity index (χ1) is 16.4. The molecule has 0 radical (unpaired) electrons. The molecule has 1 saturated heterocycles. The van der Waals surface area contributed by atoms with Gasteiger partial charge in [-0.3, -0.25) is 19.7 Å². The third kappa shape index (κ3) is 5.40. The molecule has 3 amide bonds. The molecular weight excluding hydrogens is 436 g/mol. The summed E-state index contributed by atoms with van der Waals surface area (Å²) in [6.45, 7) is 6.23. The zero-order valence-corrected chi connectivity index (χ0v) is 19.0. The van der Waals surface area contributed by atoms with Crippen molar-refractivity contribution in [3.05, 3.63) is 66.1 Å². The van der Waals surface area contributed by atoms with Gasteiger partial charge in [-0.25, -0.2) is 0 Å². The Kier molecular flexibility index (Phi) is 6.86. The molecule has 0 saturated carbocycles. The molecule has 34 heavy (non-hydrogen) atoms. The minimum absolute atomic E-state index is 0.0900. The van der Waals surface area contributed by atoms with Gasteiger partial charge in [0, 0.05) is 44.5 Å². The maximum atomic E-state index is 12.5. The van der Waals surface area contributed by atoms with E-state index in [1.807, 2.05) is 47.4 Å². The maximum Gasteiger partial charge on any atom is 0.322 e. The fourth-order valence-corrected chi connectivity index (χ4v) is 3.69. The summed E-state index contributed by atoms with van der Waals surface area (Å²) in [5, 5.41) is 12.7. The number of nitrogens with one attached hydrogen (secondary N) is 2. The molecule has 1 aliphatic rings. The van der Waals surface area contributed by atoms with Gasteiger partial charge in [-0.1, -0.05) is 35.4 Å². The zero-order chi connectivity index (χ0) is 24.1. The first kappa shape index (κ1) is 23.0. The number of hydrogen-bond acceptors (Lipinski definition) is 7. The van der Waals surface area contributed by atoms with Crippen LogP contribution >= 0.6 is 0 Å². The van der Waals surface area contributed by atoms with E-state index in [-0.39, 0.29) is 23.7 Å². The molecule has 0 aliphatic carbocycles. The Balaban J connectivity index is 1.31. The fourth-order valence-electron chi connectivity index (χ4n) is 3.69. The van der Waals surface area contributed by atoms with Crippen LogP contribution in [0.2, 0.25) is 0 Å². The first-order valence-electron chi connectivity index (χ1n) is 11.0. The normalized spacial score (nSPS) is 14.4. The smallest absolute Gasteiger partial charge is 0.322 e. The van der Waals surface area contributed by atoms with E-state index in [1.165, 1.54) is 0 Å². The monoisotopic (exact) mass is 462 g/mol. The van der Waals surface area contributed by atoms with E-state index in [2.05, 4.69) is 25.7 Å². The molecular formula is C24H26N6O4. The molecule has 176 valence electrons. The topological polar surface area (TPSA) is 121 Å². The van der Waals surface area contributed by atoms with Gasteiger partial charge in [0.05, 0.1) is 5.92 Å². The molecule has 0 spiro atoms. The number of rotatable bonds is 6. The molecule has 4 rings (SSSR count). The van der Waals surface area contributed by atoms with E-state index < -0.39 is 11.8 Å². The van der Waals surface area contributed by atoms with Gasteiger partial charge in [0.2, 0.25) is 11.8 Å². The van der Waals surface area contributed by atoms with Crippen molar-refractivity contribution in [1.82, 2.24) is 15.1 Å². The number of nitrogens with zero attached hydrogens (tertiary/aromatic N) is 4. The van der Waals surface area contributed by atoms with Gasteiger partial charge < -0.3 is 19.5 Å². The van der Waals surface area contributed by atoms with Crippen LogP contribution < -0.4 is 15.5 Å². The van der Waals surface area contributed by atoms with Crippen molar-refractivity contribution in [2.75, 3.05) is 41.7 Å². The lowest BCUT2D eigenvalue weighted by Gasteiger charge is -2.35. The fraction of sp³-hybridized carbons (Fsp3) is 0.292. The van der Waals surface area contributed by atoms with Gasteiger partial charge in [0.25, 0.3) is 0 Å². The summed E-state index contributed by atoms with van der Waals surface area (Å²) in [6, 6.07) is 16.5. The molecule has 0 unspecified atom stereocenters. The lowest BCUT2D eigenvalue weighted by molar-refractivity contribution is -0.129. The van der Waals surface area contributed by atoms with Crippen LogP contribution in [0, 0.1) is 0 Å². The minimum Gasteiger partial charge on any atom is -0.399 e. The molecule has 1 aliphatic heterocycles. The Bertz CT molecular complexity index is 1150. The van der Waals surface area contributed by atoms with Crippen molar-refractivity contribution in [3.8, 4) is 0 Å². The highest BCUT2D eigenvalue weighted by molar-refractivity contribution is 6.01. The van der Waals surface area contributed by atoms with E-state index in [1.54, 1.807) is 26.0 Å². The van der Waals surface area contributed by atoms with Gasteiger partial charge in [-0.2, -0.15) is 0 Å². The van der Waals surface area contributed by atoms with E-state index in [4.69, 9.17) is 4.42 Å². The summed E-state index contributed by atoms with van der Waals surface area (Å²) in [4.78, 5) is 40.4. The highest BCUT2D eigenvalue weighted by Gasteiger charge is 2.21. The molecule has 0 bridgehead atoms. The predicted molar refractivity (Wildman–Crippen MR) is 127 cm³/mol. The van der Waals surface area contributed by atoms with Crippen LogP contribution in [0.15, 0.2) is 59.0 Å². The van der Waals surface area contributed by atoms with E-state index >= 15 is 0 Å². The number of carbonyl (C=O) groups is 3. The Hall–Kier alpha value is -4.21. The lowest BCUT2D eigenvalue weighted by Crippen LogP contribution is -2.48. The standard InChI is InChI=1S/C24H26N6O4/c1-16(18-6-4-3-5-7-18)21(32)26-24-28-27-23(34-24)22(33)25-19-8-10-20(11-9-19)30-14-12-29(13-15-30)17(2)31/h3-11,16H,12-15H2,1-2H3,(H,25,33)(H,26,28,32)/t16-/m0/s1. The van der Waals surface area contributed by atoms with Gasteiger partial charge in [-0.05, 0) is 36.8 Å². The Morgan fingerprint density at radius 1 is 0.912 bits per heavy atom. The first-order valence-corrected chi connectivity index (χ1v) is 11.0.